The minimum atomic E-state index is -0.0707. The van der Waals surface area contributed by atoms with Crippen LogP contribution in [0, 0.1) is 28.6 Å². The van der Waals surface area contributed by atoms with Gasteiger partial charge in [0.05, 0.1) is 17.1 Å². The van der Waals surface area contributed by atoms with Crippen LogP contribution in [-0.2, 0) is 10.8 Å². The van der Waals surface area contributed by atoms with Crippen molar-refractivity contribution in [2.24, 2.45) is 28.6 Å². The van der Waals surface area contributed by atoms with Crippen LogP contribution in [0.4, 0.5) is 17.1 Å². The Kier molecular flexibility index (Phi) is 12.4. The van der Waals surface area contributed by atoms with Gasteiger partial charge in [0.15, 0.2) is 0 Å². The Morgan fingerprint density at radius 1 is 0.481 bits per heavy atom. The third-order valence-electron chi connectivity index (χ3n) is 20.1. The van der Waals surface area contributed by atoms with E-state index in [2.05, 4.69) is 255 Å². The topological polar surface area (TPSA) is 13.1 Å². The summed E-state index contributed by atoms with van der Waals surface area (Å²) in [5, 5.41) is 5.40. The van der Waals surface area contributed by atoms with Crippen molar-refractivity contribution in [1.82, 2.24) is 9.13 Å². The second kappa shape index (κ2) is 19.1. The van der Waals surface area contributed by atoms with Crippen LogP contribution in [0.3, 0.4) is 0 Å². The van der Waals surface area contributed by atoms with E-state index in [-0.39, 0.29) is 34.4 Å². The number of fused-ring (bicyclic) bond motifs is 11. The van der Waals surface area contributed by atoms with E-state index < -0.39 is 0 Å². The second-order valence-corrected chi connectivity index (χ2v) is 30.1. The third-order valence-corrected chi connectivity index (χ3v) is 21.2. The lowest BCUT2D eigenvalue weighted by Crippen LogP contribution is -2.60. The first-order valence-corrected chi connectivity index (χ1v) is 31.6. The monoisotopic (exact) mass is 1080 g/mol. The van der Waals surface area contributed by atoms with Crippen LogP contribution >= 0.6 is 11.8 Å². The normalized spacial score (nSPS) is 20.6. The molecule has 4 atom stereocenters. The molecule has 0 amide bonds. The molecular formula is C76H82BN3S. The summed E-state index contributed by atoms with van der Waals surface area (Å²) in [4.78, 5) is 5.41. The minimum absolute atomic E-state index is 0.00582. The number of anilines is 3. The smallest absolute Gasteiger partial charge is 0.250 e. The third kappa shape index (κ3) is 8.66. The average molecular weight is 1080 g/mol. The predicted molar refractivity (Wildman–Crippen MR) is 351 cm³/mol. The van der Waals surface area contributed by atoms with Gasteiger partial charge in [-0.15, -0.1) is 0 Å². The molecule has 3 nitrogen and oxygen atoms in total. The van der Waals surface area contributed by atoms with Gasteiger partial charge in [0.25, 0.3) is 6.71 Å². The maximum atomic E-state index is 2.94. The van der Waals surface area contributed by atoms with Crippen molar-refractivity contribution in [3.8, 4) is 5.69 Å². The molecule has 0 fully saturated rings. The first-order chi connectivity index (χ1) is 38.7. The summed E-state index contributed by atoms with van der Waals surface area (Å²) in [6.45, 7) is 28.7. The second-order valence-electron chi connectivity index (χ2n) is 29.1. The SMILES string of the molecule is CC(C)(C)C1=CCC(C2=CCCC(C3CC=C(C(C)(C)C)CC3)C2n2c3ccccc3c3c4c(ccc32)Sc2cc(C(C)(C)C)cc3c2B4c2ccc(-n4c5ccccc5c5ccccc54)cc2N3c2ccc(C(C)(C)C)cc2)CC1. The molecule has 0 saturated heterocycles. The number of benzene rings is 7. The highest BCUT2D eigenvalue weighted by Gasteiger charge is 2.46. The molecule has 2 aromatic heterocycles. The molecule has 0 bridgehead atoms. The predicted octanol–water partition coefficient (Wildman–Crippen LogP) is 19.7. The van der Waals surface area contributed by atoms with Crippen LogP contribution in [0.15, 0.2) is 184 Å². The molecule has 410 valence electrons. The van der Waals surface area contributed by atoms with E-state index in [9.17, 15) is 0 Å². The minimum Gasteiger partial charge on any atom is -0.333 e. The quantitative estimate of drug-likeness (QED) is 0.126. The Labute approximate surface area is 487 Å². The average Bonchev–Trinajstić information content (AvgIpc) is 4.08. The summed E-state index contributed by atoms with van der Waals surface area (Å²) in [7, 11) is 0. The van der Waals surface area contributed by atoms with Crippen molar-refractivity contribution in [3.05, 3.63) is 186 Å². The van der Waals surface area contributed by atoms with Crippen molar-refractivity contribution in [2.75, 3.05) is 4.90 Å². The molecule has 81 heavy (non-hydrogen) atoms. The molecule has 2 aliphatic heterocycles. The fraction of sp³-hybridized carbons (Fsp3) is 0.368. The van der Waals surface area contributed by atoms with E-state index >= 15 is 0 Å². The molecule has 0 radical (unpaired) electrons. The van der Waals surface area contributed by atoms with Crippen LogP contribution in [0.5, 0.6) is 0 Å². The van der Waals surface area contributed by atoms with Gasteiger partial charge in [-0.3, -0.25) is 0 Å². The highest BCUT2D eigenvalue weighted by atomic mass is 32.2. The summed E-state index contributed by atoms with van der Waals surface area (Å²) in [6, 6.07) is 55.2. The summed E-state index contributed by atoms with van der Waals surface area (Å²) in [6.07, 6.45) is 17.8. The number of hydrogen-bond acceptors (Lipinski definition) is 2. The Morgan fingerprint density at radius 2 is 1.10 bits per heavy atom. The maximum absolute atomic E-state index is 2.94. The molecule has 5 heteroatoms. The summed E-state index contributed by atoms with van der Waals surface area (Å²) < 4.78 is 5.45. The number of hydrogen-bond donors (Lipinski definition) is 0. The Bertz CT molecular complexity index is 4060. The van der Waals surface area contributed by atoms with Crippen LogP contribution in [-0.4, -0.2) is 15.8 Å². The lowest BCUT2D eigenvalue weighted by molar-refractivity contribution is 0.200. The summed E-state index contributed by atoms with van der Waals surface area (Å²) in [5.74, 6) is 1.74. The first-order valence-electron chi connectivity index (χ1n) is 30.8. The van der Waals surface area contributed by atoms with Gasteiger partial charge in [0, 0.05) is 65.1 Å². The van der Waals surface area contributed by atoms with Crippen molar-refractivity contribution >= 4 is 95.5 Å². The standard InChI is InChI=1S/C76H82BN3S/c1-73(2,3)49-32-28-47(29-33-49)55-23-19-24-56(48-30-34-50(35-31-48)74(4,5)6)72(55)80-63-27-18-15-22-59(63)69-64(80)42-43-67-71(69)77-60-41-40-54(79-61-25-16-13-20-57(61)58-21-14-17-26-62(58)79)46-65(60)78(53-38-36-51(37-39-53)75(7,8)9)66-44-52(76(10,11)12)45-68(81-67)70(66)77/h13-18,20-23,25-27,32,34,36-48,56,72H,19,24,28-31,33,35H2,1-12H3. The largest absolute Gasteiger partial charge is 0.333 e. The molecule has 7 aromatic carbocycles. The molecule has 4 heterocycles. The molecule has 0 N–H and O–H groups in total. The van der Waals surface area contributed by atoms with Crippen molar-refractivity contribution in [2.45, 2.75) is 161 Å². The van der Waals surface area contributed by atoms with Crippen molar-refractivity contribution in [1.29, 1.82) is 0 Å². The summed E-state index contributed by atoms with van der Waals surface area (Å²) >= 11 is 2.02. The molecule has 14 rings (SSSR count). The van der Waals surface area contributed by atoms with E-state index in [0.29, 0.717) is 17.8 Å². The zero-order chi connectivity index (χ0) is 56.1. The fourth-order valence-electron chi connectivity index (χ4n) is 15.7. The lowest BCUT2D eigenvalue weighted by atomic mass is 9.34. The van der Waals surface area contributed by atoms with Gasteiger partial charge < -0.3 is 14.0 Å². The van der Waals surface area contributed by atoms with Crippen LogP contribution in [0.2, 0.25) is 0 Å². The van der Waals surface area contributed by atoms with Crippen LogP contribution < -0.4 is 21.3 Å². The Balaban J connectivity index is 1.03. The number of allylic oxidation sites excluding steroid dienone is 6. The van der Waals surface area contributed by atoms with Gasteiger partial charge >= 0.3 is 0 Å². The highest BCUT2D eigenvalue weighted by molar-refractivity contribution is 8.00. The van der Waals surface area contributed by atoms with Gasteiger partial charge in [-0.1, -0.05) is 197 Å². The number of rotatable bonds is 5. The van der Waals surface area contributed by atoms with Gasteiger partial charge in [-0.2, -0.15) is 0 Å². The van der Waals surface area contributed by atoms with Crippen molar-refractivity contribution < 1.29 is 0 Å². The highest BCUT2D eigenvalue weighted by Crippen LogP contribution is 2.54. The fourth-order valence-corrected chi connectivity index (χ4v) is 17.0. The van der Waals surface area contributed by atoms with E-state index in [1.807, 2.05) is 11.8 Å². The van der Waals surface area contributed by atoms with Gasteiger partial charge in [-0.05, 0) is 191 Å². The van der Waals surface area contributed by atoms with Crippen LogP contribution in [0.1, 0.15) is 152 Å². The van der Waals surface area contributed by atoms with E-state index in [1.54, 1.807) is 16.7 Å². The van der Waals surface area contributed by atoms with Crippen LogP contribution in [0.25, 0.3) is 49.3 Å². The van der Waals surface area contributed by atoms with Crippen molar-refractivity contribution in [3.63, 3.8) is 0 Å². The number of nitrogens with zero attached hydrogens (tertiary/aromatic N) is 3. The molecular weight excluding hydrogens is 998 g/mol. The zero-order valence-electron chi connectivity index (χ0n) is 50.3. The molecule has 3 aliphatic carbocycles. The van der Waals surface area contributed by atoms with E-state index in [4.69, 9.17) is 0 Å². The molecule has 0 spiro atoms. The Hall–Kier alpha value is -6.43. The molecule has 9 aromatic rings. The van der Waals surface area contributed by atoms with Gasteiger partial charge in [-0.25, -0.2) is 0 Å². The molecule has 4 unspecified atom stereocenters. The summed E-state index contributed by atoms with van der Waals surface area (Å²) in [5.41, 5.74) is 22.6. The number of para-hydroxylation sites is 3. The maximum Gasteiger partial charge on any atom is 0.250 e. The Morgan fingerprint density at radius 3 is 1.72 bits per heavy atom. The van der Waals surface area contributed by atoms with E-state index in [1.165, 1.54) is 149 Å². The van der Waals surface area contributed by atoms with Gasteiger partial charge in [0.1, 0.15) is 0 Å². The van der Waals surface area contributed by atoms with E-state index in [0.717, 1.165) is 6.42 Å². The zero-order valence-corrected chi connectivity index (χ0v) is 51.1. The van der Waals surface area contributed by atoms with Gasteiger partial charge in [0.2, 0.25) is 0 Å². The molecule has 0 saturated carbocycles. The lowest BCUT2D eigenvalue weighted by Gasteiger charge is -2.44. The molecule has 5 aliphatic rings. The number of aromatic nitrogens is 2. The first kappa shape index (κ1) is 52.6.